The molecule has 3 aliphatic carbocycles. The number of nitrogens with one attached hydrogen (secondary N) is 1. The van der Waals surface area contributed by atoms with E-state index in [1.807, 2.05) is 24.3 Å². The molecule has 1 amide bonds. The van der Waals surface area contributed by atoms with Gasteiger partial charge in [-0.1, -0.05) is 51.1 Å². The standard InChI is InChI=1S/C31H39NO14S.C6H4N3.U/c1-13-16(44-25(37)22(36)21(32-26(38)39)17-7-6-8-47-17)11-31(42)24(45-27(40)41)23-29(5,10-15(34)20(13)28(31,3)4)18(35)9-19-30(23,12-43-19)46-14(2)33;1-2-4-6-5(3-1)7-9-8-6;/h6-8,16,18-19,21-24,32,35-36,42H,9-12H2,1-5H3,(H,38,39)(H,40,41);1-4H;/q;-1;/t16-,18-,19+,21-,22+,23-,24-,29+,30-,31+;;/m0../s1. The third-order valence-corrected chi connectivity index (χ3v) is 12.8. The van der Waals surface area contributed by atoms with Crippen LogP contribution in [-0.2, 0) is 33.3 Å². The summed E-state index contributed by atoms with van der Waals surface area (Å²) in [6, 6.07) is 9.30. The number of esters is 2. The number of aliphatic hydroxyl groups is 3. The second-order valence-electron chi connectivity index (χ2n) is 15.4. The van der Waals surface area contributed by atoms with Crippen LogP contribution in [0.4, 0.5) is 9.59 Å². The van der Waals surface area contributed by atoms with Crippen molar-refractivity contribution >= 4 is 52.3 Å². The number of hydrogen-bond donors (Lipinski definition) is 6. The fraction of sp³-hybridized carbons (Fsp3) is 0.541. The van der Waals surface area contributed by atoms with Gasteiger partial charge in [-0.25, -0.2) is 14.4 Å². The van der Waals surface area contributed by atoms with Gasteiger partial charge >= 0.3 is 24.2 Å². The van der Waals surface area contributed by atoms with E-state index in [-0.39, 0.29) is 61.7 Å². The van der Waals surface area contributed by atoms with Crippen LogP contribution in [0.5, 0.6) is 0 Å². The van der Waals surface area contributed by atoms with Crippen molar-refractivity contribution < 1.29 is 99.6 Å². The summed E-state index contributed by atoms with van der Waals surface area (Å²) in [6.07, 6.45) is -11.7. The molecule has 1 aliphatic heterocycles. The Morgan fingerprint density at radius 1 is 1.09 bits per heavy atom. The normalized spacial score (nSPS) is 32.1. The van der Waals surface area contributed by atoms with Gasteiger partial charge in [0.05, 0.1) is 18.6 Å². The summed E-state index contributed by atoms with van der Waals surface area (Å²) in [5.74, 6) is -3.85. The van der Waals surface area contributed by atoms with Crippen molar-refractivity contribution in [2.24, 2.45) is 16.7 Å². The van der Waals surface area contributed by atoms with Gasteiger partial charge in [0.2, 0.25) is 0 Å². The molecule has 0 radical (unpaired) electrons. The molecule has 3 fully saturated rings. The first-order valence-electron chi connectivity index (χ1n) is 17.7. The summed E-state index contributed by atoms with van der Waals surface area (Å²) in [7, 11) is 0. The van der Waals surface area contributed by atoms with Crippen molar-refractivity contribution in [1.29, 1.82) is 0 Å². The molecule has 3 heterocycles. The van der Waals surface area contributed by atoms with Gasteiger partial charge in [-0.05, 0) is 35.0 Å². The average Bonchev–Trinajstić information content (AvgIpc) is 3.82. The van der Waals surface area contributed by atoms with E-state index >= 15 is 0 Å². The van der Waals surface area contributed by atoms with Gasteiger partial charge in [-0.15, -0.1) is 11.3 Å². The van der Waals surface area contributed by atoms with Crippen LogP contribution < -0.4 is 10.4 Å². The van der Waals surface area contributed by atoms with Crippen LogP contribution in [0.3, 0.4) is 0 Å². The Hall–Kier alpha value is -3.90. The second kappa shape index (κ2) is 16.4. The number of nitrogens with zero attached hydrogens (tertiary/aromatic N) is 3. The summed E-state index contributed by atoms with van der Waals surface area (Å²) >= 11 is 1.08. The molecule has 2 saturated carbocycles. The number of fused-ring (bicyclic) bond motifs is 6. The zero-order chi connectivity index (χ0) is 41.0. The molecule has 6 N–H and O–H groups in total. The molecule has 0 unspecified atom stereocenters. The zero-order valence-electron chi connectivity index (χ0n) is 31.6. The van der Waals surface area contributed by atoms with Gasteiger partial charge in [0.25, 0.3) is 0 Å². The molecule has 306 valence electrons. The molecular formula is C37H43N4O14SU-. The van der Waals surface area contributed by atoms with Crippen LogP contribution >= 0.6 is 11.3 Å². The molecular weight excluding hydrogens is 995 g/mol. The Bertz CT molecular complexity index is 2030. The molecule has 0 spiro atoms. The van der Waals surface area contributed by atoms with Crippen LogP contribution in [0.25, 0.3) is 11.0 Å². The molecule has 57 heavy (non-hydrogen) atoms. The van der Waals surface area contributed by atoms with Crippen molar-refractivity contribution in [2.75, 3.05) is 6.61 Å². The van der Waals surface area contributed by atoms with Gasteiger partial charge in [0, 0.05) is 78.6 Å². The number of Topliss-reactive ketones (excluding diaryl/α,β-unsaturated/α-hetero) is 1. The van der Waals surface area contributed by atoms with E-state index in [1.54, 1.807) is 18.4 Å². The first-order valence-corrected chi connectivity index (χ1v) is 18.6. The first kappa shape index (κ1) is 44.2. The van der Waals surface area contributed by atoms with Gasteiger partial charge in [-0.3, -0.25) is 14.8 Å². The van der Waals surface area contributed by atoms with Crippen LogP contribution in [0.15, 0.2) is 52.9 Å². The molecule has 10 atom stereocenters. The summed E-state index contributed by atoms with van der Waals surface area (Å²) in [5, 5.41) is 69.4. The van der Waals surface area contributed by atoms with E-state index in [0.29, 0.717) is 4.88 Å². The van der Waals surface area contributed by atoms with E-state index in [4.69, 9.17) is 18.9 Å². The van der Waals surface area contributed by atoms with Crippen molar-refractivity contribution in [3.8, 4) is 0 Å². The molecule has 1 saturated heterocycles. The third-order valence-electron chi connectivity index (χ3n) is 11.9. The SMILES string of the molecule is CC(=O)O[C@@]12CO[C@@H]1C[C@H](O)[C@@]1(C)CC(=O)C3=C(C)[C@@H](OC(=O)[C@H](O)[C@@H](NC(=O)O)c4cccs4)C[C@@](O)([C@@H](OC(=O)O)[C@@H]12)C3(C)C.[U].c1ccc2[n-]nnc2c1. The minimum absolute atomic E-state index is 0. The molecule has 20 heteroatoms. The Labute approximate surface area is 353 Å². The quantitative estimate of drug-likeness (QED) is 0.147. The number of rotatable bonds is 7. The predicted molar refractivity (Wildman–Crippen MR) is 192 cm³/mol. The van der Waals surface area contributed by atoms with E-state index in [9.17, 15) is 49.5 Å². The first-order chi connectivity index (χ1) is 26.3. The van der Waals surface area contributed by atoms with Gasteiger partial charge in [0.15, 0.2) is 17.5 Å². The topological polar surface area (TPSA) is 275 Å². The number of ether oxygens (including phenoxy) is 4. The van der Waals surface area contributed by atoms with Crippen LogP contribution in [0.1, 0.15) is 64.8 Å². The van der Waals surface area contributed by atoms with Crippen molar-refractivity contribution in [3.63, 3.8) is 0 Å². The Kier molecular flexibility index (Phi) is 12.7. The van der Waals surface area contributed by atoms with Crippen molar-refractivity contribution in [1.82, 2.24) is 20.7 Å². The van der Waals surface area contributed by atoms with Gasteiger partial charge < -0.3 is 60.0 Å². The minimum atomic E-state index is -2.34. The number of aliphatic hydroxyl groups excluding tert-OH is 2. The van der Waals surface area contributed by atoms with Gasteiger partial charge in [-0.2, -0.15) is 0 Å². The maximum absolute atomic E-state index is 14.3. The van der Waals surface area contributed by atoms with Crippen molar-refractivity contribution in [3.05, 3.63) is 57.8 Å². The number of thiophene rings is 1. The maximum Gasteiger partial charge on any atom is 0.506 e. The number of hydrogen-bond acceptors (Lipinski definition) is 15. The molecule has 3 aromatic rings. The van der Waals surface area contributed by atoms with E-state index in [2.05, 4.69) is 20.7 Å². The molecule has 18 nitrogen and oxygen atoms in total. The van der Waals surface area contributed by atoms with Crippen LogP contribution in [-0.4, -0.2) is 114 Å². The number of aromatic nitrogens is 3. The maximum atomic E-state index is 14.3. The largest absolute Gasteiger partial charge is 0.506 e. The van der Waals surface area contributed by atoms with Crippen LogP contribution in [0.2, 0.25) is 0 Å². The minimum Gasteiger partial charge on any atom is -0.465 e. The fourth-order valence-electron chi connectivity index (χ4n) is 9.14. The number of amides is 1. The summed E-state index contributed by atoms with van der Waals surface area (Å²) in [5.41, 5.74) is -5.02. The monoisotopic (exact) mass is 1040 g/mol. The molecule has 4 aliphatic rings. The number of ketones is 1. The summed E-state index contributed by atoms with van der Waals surface area (Å²) < 4.78 is 22.7. The number of carbonyl (C=O) groups excluding carboxylic acids is 3. The predicted octanol–water partition coefficient (Wildman–Crippen LogP) is 2.52. The van der Waals surface area contributed by atoms with Gasteiger partial charge in [0.1, 0.15) is 30.0 Å². The molecule has 1 aromatic carbocycles. The number of carbonyl (C=O) groups is 5. The summed E-state index contributed by atoms with van der Waals surface area (Å²) in [4.78, 5) is 64.4. The Balaban J connectivity index is 0.000000540. The molecule has 2 aromatic heterocycles. The fourth-order valence-corrected chi connectivity index (χ4v) is 9.94. The molecule has 7 rings (SSSR count). The van der Waals surface area contributed by atoms with E-state index < -0.39 is 101 Å². The number of benzene rings is 1. The Morgan fingerprint density at radius 3 is 2.37 bits per heavy atom. The van der Waals surface area contributed by atoms with E-state index in [0.717, 1.165) is 29.3 Å². The number of carboxylic acid groups (broad SMARTS) is 2. The molecule has 2 bridgehead atoms. The van der Waals surface area contributed by atoms with E-state index in [1.165, 1.54) is 26.8 Å². The van der Waals surface area contributed by atoms with Crippen LogP contribution in [0, 0.1) is 47.9 Å². The zero-order valence-corrected chi connectivity index (χ0v) is 36.6. The Morgan fingerprint density at radius 2 is 1.79 bits per heavy atom. The van der Waals surface area contributed by atoms with Crippen molar-refractivity contribution in [2.45, 2.75) is 102 Å². The smallest absolute Gasteiger partial charge is 0.465 e. The third kappa shape index (κ3) is 7.73. The summed E-state index contributed by atoms with van der Waals surface area (Å²) in [6.45, 7) is 7.04. The second-order valence-corrected chi connectivity index (χ2v) is 16.4. The average molecular weight is 1040 g/mol.